The number of fused-ring (bicyclic) bond motifs is 1. The SMILES string of the molecule is Cc1cc(-c2cccnc2)nn1CCNC(=O)C=Cc1ccc2c(c1)OCO2. The Labute approximate surface area is 162 Å². The molecule has 0 radical (unpaired) electrons. The Hall–Kier alpha value is -3.61. The van der Waals surface area contributed by atoms with E-state index in [2.05, 4.69) is 15.4 Å². The largest absolute Gasteiger partial charge is 0.454 e. The highest BCUT2D eigenvalue weighted by Gasteiger charge is 2.12. The first-order chi connectivity index (χ1) is 13.7. The lowest BCUT2D eigenvalue weighted by Gasteiger charge is -2.05. The number of rotatable bonds is 6. The molecule has 0 spiro atoms. The van der Waals surface area contributed by atoms with Gasteiger partial charge in [-0.2, -0.15) is 5.10 Å². The Kier molecular flexibility index (Phi) is 5.05. The van der Waals surface area contributed by atoms with Crippen LogP contribution in [0.15, 0.2) is 54.9 Å². The van der Waals surface area contributed by atoms with Crippen molar-refractivity contribution in [1.29, 1.82) is 0 Å². The van der Waals surface area contributed by atoms with E-state index in [4.69, 9.17) is 9.47 Å². The number of benzene rings is 1. The number of ether oxygens (including phenoxy) is 2. The van der Waals surface area contributed by atoms with Crippen LogP contribution in [0.1, 0.15) is 11.3 Å². The second-order valence-electron chi connectivity index (χ2n) is 6.37. The number of carbonyl (C=O) groups is 1. The second kappa shape index (κ2) is 7.96. The van der Waals surface area contributed by atoms with Crippen molar-refractivity contribution < 1.29 is 14.3 Å². The molecule has 3 heterocycles. The number of carbonyl (C=O) groups excluding carboxylic acids is 1. The van der Waals surface area contributed by atoms with E-state index in [1.807, 2.05) is 48.0 Å². The predicted octanol–water partition coefficient (Wildman–Crippen LogP) is 2.81. The summed E-state index contributed by atoms with van der Waals surface area (Å²) in [5.41, 5.74) is 3.76. The van der Waals surface area contributed by atoms with Crippen LogP contribution in [0.5, 0.6) is 11.5 Å². The molecule has 142 valence electrons. The van der Waals surface area contributed by atoms with Gasteiger partial charge in [0.2, 0.25) is 12.7 Å². The number of hydrogen-bond acceptors (Lipinski definition) is 5. The molecule has 1 amide bonds. The fourth-order valence-corrected chi connectivity index (χ4v) is 2.92. The highest BCUT2D eigenvalue weighted by Crippen LogP contribution is 2.32. The first-order valence-electron chi connectivity index (χ1n) is 8.99. The number of hydrogen-bond donors (Lipinski definition) is 1. The molecule has 28 heavy (non-hydrogen) atoms. The molecule has 0 saturated heterocycles. The van der Waals surface area contributed by atoms with Crippen LogP contribution in [0.2, 0.25) is 0 Å². The molecule has 0 aliphatic carbocycles. The van der Waals surface area contributed by atoms with Crippen molar-refractivity contribution in [2.75, 3.05) is 13.3 Å². The van der Waals surface area contributed by atoms with Gasteiger partial charge in [0, 0.05) is 36.3 Å². The average Bonchev–Trinajstić information content (AvgIpc) is 3.33. The van der Waals surface area contributed by atoms with Crippen LogP contribution in [0, 0.1) is 6.92 Å². The van der Waals surface area contributed by atoms with Crippen molar-refractivity contribution >= 4 is 12.0 Å². The van der Waals surface area contributed by atoms with Crippen molar-refractivity contribution in [3.63, 3.8) is 0 Å². The minimum Gasteiger partial charge on any atom is -0.454 e. The summed E-state index contributed by atoms with van der Waals surface area (Å²) in [6.45, 7) is 3.31. The lowest BCUT2D eigenvalue weighted by Crippen LogP contribution is -2.26. The summed E-state index contributed by atoms with van der Waals surface area (Å²) >= 11 is 0. The van der Waals surface area contributed by atoms with Gasteiger partial charge in [0.05, 0.1) is 12.2 Å². The zero-order valence-electron chi connectivity index (χ0n) is 15.5. The minimum absolute atomic E-state index is 0.157. The molecule has 0 atom stereocenters. The van der Waals surface area contributed by atoms with Crippen LogP contribution in [-0.2, 0) is 11.3 Å². The molecule has 1 aromatic carbocycles. The maximum atomic E-state index is 12.1. The Bertz CT molecular complexity index is 1010. The third-order valence-electron chi connectivity index (χ3n) is 4.39. The number of amides is 1. The third-order valence-corrected chi connectivity index (χ3v) is 4.39. The molecule has 0 unspecified atom stereocenters. The molecule has 4 rings (SSSR count). The van der Waals surface area contributed by atoms with Gasteiger partial charge in [0.1, 0.15) is 0 Å². The average molecular weight is 376 g/mol. The molecule has 7 heteroatoms. The van der Waals surface area contributed by atoms with Gasteiger partial charge in [-0.05, 0) is 48.9 Å². The molecule has 3 aromatic rings. The van der Waals surface area contributed by atoms with Gasteiger partial charge in [-0.3, -0.25) is 14.5 Å². The van der Waals surface area contributed by atoms with Crippen LogP contribution in [0.3, 0.4) is 0 Å². The minimum atomic E-state index is -0.157. The van der Waals surface area contributed by atoms with Crippen LogP contribution < -0.4 is 14.8 Å². The van der Waals surface area contributed by atoms with Crippen molar-refractivity contribution in [1.82, 2.24) is 20.1 Å². The van der Waals surface area contributed by atoms with Crippen molar-refractivity contribution in [2.45, 2.75) is 13.5 Å². The van der Waals surface area contributed by atoms with E-state index < -0.39 is 0 Å². The topological polar surface area (TPSA) is 78.3 Å². The standard InChI is InChI=1S/C21H20N4O3/c1-15-11-18(17-3-2-8-22-13-17)24-25(15)10-9-23-21(26)7-5-16-4-6-19-20(12-16)28-14-27-19/h2-8,11-13H,9-10,14H2,1H3,(H,23,26). The highest BCUT2D eigenvalue weighted by molar-refractivity contribution is 5.91. The van der Waals surface area contributed by atoms with Gasteiger partial charge in [0.25, 0.3) is 0 Å². The molecule has 0 fully saturated rings. The molecule has 1 aliphatic heterocycles. The molecule has 0 bridgehead atoms. The Morgan fingerprint density at radius 1 is 1.25 bits per heavy atom. The lowest BCUT2D eigenvalue weighted by molar-refractivity contribution is -0.116. The molecule has 1 aliphatic rings. The number of aryl methyl sites for hydroxylation is 1. The molecule has 2 aromatic heterocycles. The number of aromatic nitrogens is 3. The summed E-state index contributed by atoms with van der Waals surface area (Å²) in [7, 11) is 0. The summed E-state index contributed by atoms with van der Waals surface area (Å²) in [6, 6.07) is 11.4. The number of pyridine rings is 1. The van der Waals surface area contributed by atoms with E-state index in [0.29, 0.717) is 18.8 Å². The van der Waals surface area contributed by atoms with E-state index in [9.17, 15) is 4.79 Å². The first kappa shape index (κ1) is 17.8. The van der Waals surface area contributed by atoms with Gasteiger partial charge in [-0.25, -0.2) is 0 Å². The van der Waals surface area contributed by atoms with Gasteiger partial charge in [-0.15, -0.1) is 0 Å². The molecule has 7 nitrogen and oxygen atoms in total. The quantitative estimate of drug-likeness (QED) is 0.670. The summed E-state index contributed by atoms with van der Waals surface area (Å²) in [4.78, 5) is 16.2. The van der Waals surface area contributed by atoms with Crippen LogP contribution in [-0.4, -0.2) is 34.0 Å². The monoisotopic (exact) mass is 376 g/mol. The Morgan fingerprint density at radius 3 is 3.00 bits per heavy atom. The molecular formula is C21H20N4O3. The van der Waals surface area contributed by atoms with Crippen molar-refractivity contribution in [3.8, 4) is 22.8 Å². The van der Waals surface area contributed by atoms with Gasteiger partial charge >= 0.3 is 0 Å². The summed E-state index contributed by atoms with van der Waals surface area (Å²) in [6.07, 6.45) is 6.78. The van der Waals surface area contributed by atoms with Crippen LogP contribution >= 0.6 is 0 Å². The van der Waals surface area contributed by atoms with E-state index in [1.165, 1.54) is 6.08 Å². The number of nitrogens with one attached hydrogen (secondary N) is 1. The first-order valence-corrected chi connectivity index (χ1v) is 8.99. The summed E-state index contributed by atoms with van der Waals surface area (Å²) < 4.78 is 12.5. The van der Waals surface area contributed by atoms with Gasteiger partial charge in [-0.1, -0.05) is 6.07 Å². The Morgan fingerprint density at radius 2 is 2.14 bits per heavy atom. The zero-order valence-corrected chi connectivity index (χ0v) is 15.5. The van der Waals surface area contributed by atoms with Crippen LogP contribution in [0.25, 0.3) is 17.3 Å². The fraction of sp³-hybridized carbons (Fsp3) is 0.190. The lowest BCUT2D eigenvalue weighted by atomic mass is 10.2. The normalized spacial score (nSPS) is 12.5. The van der Waals surface area contributed by atoms with Crippen LogP contribution in [0.4, 0.5) is 0 Å². The van der Waals surface area contributed by atoms with Gasteiger partial charge < -0.3 is 14.8 Å². The highest BCUT2D eigenvalue weighted by atomic mass is 16.7. The van der Waals surface area contributed by atoms with Crippen molar-refractivity contribution in [2.24, 2.45) is 0 Å². The molecule has 0 saturated carbocycles. The van der Waals surface area contributed by atoms with Crippen molar-refractivity contribution in [3.05, 3.63) is 66.1 Å². The van der Waals surface area contributed by atoms with E-state index >= 15 is 0 Å². The second-order valence-corrected chi connectivity index (χ2v) is 6.37. The van der Waals surface area contributed by atoms with Gasteiger partial charge in [0.15, 0.2) is 11.5 Å². The fourth-order valence-electron chi connectivity index (χ4n) is 2.92. The van der Waals surface area contributed by atoms with E-state index in [1.54, 1.807) is 18.5 Å². The third kappa shape index (κ3) is 4.03. The molecular weight excluding hydrogens is 356 g/mol. The smallest absolute Gasteiger partial charge is 0.244 e. The maximum Gasteiger partial charge on any atom is 0.244 e. The Balaban J connectivity index is 1.30. The van der Waals surface area contributed by atoms with E-state index in [0.717, 1.165) is 28.3 Å². The predicted molar refractivity (Wildman–Crippen MR) is 105 cm³/mol. The van der Waals surface area contributed by atoms with E-state index in [-0.39, 0.29) is 12.7 Å². The zero-order chi connectivity index (χ0) is 19.3. The molecule has 1 N–H and O–H groups in total. The maximum absolute atomic E-state index is 12.1. The number of nitrogens with zero attached hydrogens (tertiary/aromatic N) is 3. The summed E-state index contributed by atoms with van der Waals surface area (Å²) in [5.74, 6) is 1.26. The summed E-state index contributed by atoms with van der Waals surface area (Å²) in [5, 5.41) is 7.46.